The van der Waals surface area contributed by atoms with Crippen molar-refractivity contribution < 1.29 is 13.5 Å². The predicted octanol–water partition coefficient (Wildman–Crippen LogP) is 3.02. The zero-order valence-corrected chi connectivity index (χ0v) is 9.52. The average Bonchev–Trinajstić information content (AvgIpc) is 2.80. The van der Waals surface area contributed by atoms with Crippen molar-refractivity contribution in [1.82, 2.24) is 0 Å². The van der Waals surface area contributed by atoms with Crippen molar-refractivity contribution in [3.63, 3.8) is 0 Å². The van der Waals surface area contributed by atoms with Crippen molar-refractivity contribution in [2.24, 2.45) is 5.73 Å². The van der Waals surface area contributed by atoms with E-state index in [-0.39, 0.29) is 11.9 Å². The van der Waals surface area contributed by atoms with Crippen LogP contribution in [0.3, 0.4) is 0 Å². The van der Waals surface area contributed by atoms with Crippen LogP contribution in [0.5, 0.6) is 5.75 Å². The van der Waals surface area contributed by atoms with Crippen molar-refractivity contribution in [2.45, 2.75) is 19.6 Å². The first-order valence-electron chi connectivity index (χ1n) is 5.37. The molecule has 2 aromatic rings. The fourth-order valence-electron chi connectivity index (χ4n) is 1.55. The molecule has 2 rings (SSSR count). The van der Waals surface area contributed by atoms with Gasteiger partial charge in [0.05, 0.1) is 6.26 Å². The van der Waals surface area contributed by atoms with Gasteiger partial charge in [-0.25, -0.2) is 4.39 Å². The molecule has 0 aliphatic heterocycles. The van der Waals surface area contributed by atoms with Crippen LogP contribution in [0.2, 0.25) is 0 Å². The lowest BCUT2D eigenvalue weighted by Gasteiger charge is -2.13. The summed E-state index contributed by atoms with van der Waals surface area (Å²) in [5, 5.41) is 0. The highest BCUT2D eigenvalue weighted by atomic mass is 19.1. The second-order valence-electron chi connectivity index (χ2n) is 3.84. The summed E-state index contributed by atoms with van der Waals surface area (Å²) in [4.78, 5) is 0. The number of hydrogen-bond donors (Lipinski definition) is 1. The van der Waals surface area contributed by atoms with Crippen LogP contribution in [-0.4, -0.2) is 0 Å². The smallest absolute Gasteiger partial charge is 0.146 e. The van der Waals surface area contributed by atoms with Gasteiger partial charge < -0.3 is 14.9 Å². The largest absolute Gasteiger partial charge is 0.485 e. The van der Waals surface area contributed by atoms with Crippen LogP contribution in [0, 0.1) is 5.82 Å². The van der Waals surface area contributed by atoms with Crippen LogP contribution in [0.25, 0.3) is 0 Å². The molecule has 0 unspecified atom stereocenters. The van der Waals surface area contributed by atoms with Gasteiger partial charge in [-0.1, -0.05) is 0 Å². The van der Waals surface area contributed by atoms with E-state index in [1.807, 2.05) is 6.07 Å². The van der Waals surface area contributed by atoms with Crippen molar-refractivity contribution in [2.75, 3.05) is 0 Å². The third-order valence-electron chi connectivity index (χ3n) is 2.41. The Bertz CT molecular complexity index is 480. The van der Waals surface area contributed by atoms with E-state index < -0.39 is 0 Å². The number of benzene rings is 1. The Morgan fingerprint density at radius 3 is 2.88 bits per heavy atom. The molecule has 2 N–H and O–H groups in total. The van der Waals surface area contributed by atoms with Gasteiger partial charge in [-0.15, -0.1) is 0 Å². The van der Waals surface area contributed by atoms with Gasteiger partial charge in [-0.2, -0.15) is 0 Å². The van der Waals surface area contributed by atoms with Gasteiger partial charge in [0.25, 0.3) is 0 Å². The lowest BCUT2D eigenvalue weighted by Crippen LogP contribution is -2.08. The molecule has 0 spiro atoms. The van der Waals surface area contributed by atoms with Crippen LogP contribution in [-0.2, 0) is 6.61 Å². The summed E-state index contributed by atoms with van der Waals surface area (Å²) in [6.07, 6.45) is 1.58. The van der Waals surface area contributed by atoms with Crippen molar-refractivity contribution >= 4 is 0 Å². The Balaban J connectivity index is 2.14. The highest BCUT2D eigenvalue weighted by Crippen LogP contribution is 2.25. The van der Waals surface area contributed by atoms with Gasteiger partial charge in [-0.3, -0.25) is 0 Å². The van der Waals surface area contributed by atoms with Crippen LogP contribution < -0.4 is 10.5 Å². The fourth-order valence-corrected chi connectivity index (χ4v) is 1.55. The van der Waals surface area contributed by atoms with E-state index in [9.17, 15) is 4.39 Å². The lowest BCUT2D eigenvalue weighted by molar-refractivity contribution is 0.266. The van der Waals surface area contributed by atoms with Crippen LogP contribution in [0.1, 0.15) is 24.3 Å². The lowest BCUT2D eigenvalue weighted by atomic mass is 10.1. The molecule has 0 saturated heterocycles. The van der Waals surface area contributed by atoms with Crippen LogP contribution in [0.4, 0.5) is 4.39 Å². The molecule has 1 aromatic carbocycles. The molecular weight excluding hydrogens is 221 g/mol. The summed E-state index contributed by atoms with van der Waals surface area (Å²) < 4.78 is 23.8. The summed E-state index contributed by atoms with van der Waals surface area (Å²) in [5.41, 5.74) is 6.41. The van der Waals surface area contributed by atoms with E-state index in [1.54, 1.807) is 25.3 Å². The molecule has 17 heavy (non-hydrogen) atoms. The molecule has 1 atom stereocenters. The SMILES string of the molecule is C[C@H](N)c1cc(F)ccc1OCc1ccco1. The molecule has 0 amide bonds. The van der Waals surface area contributed by atoms with E-state index in [2.05, 4.69) is 0 Å². The maximum Gasteiger partial charge on any atom is 0.146 e. The first-order valence-corrected chi connectivity index (χ1v) is 5.37. The first kappa shape index (κ1) is 11.7. The summed E-state index contributed by atoms with van der Waals surface area (Å²) in [6, 6.07) is 7.64. The van der Waals surface area contributed by atoms with Crippen molar-refractivity contribution in [3.05, 3.63) is 53.7 Å². The molecule has 0 saturated carbocycles. The number of rotatable bonds is 4. The molecule has 90 valence electrons. The molecule has 0 fully saturated rings. The number of ether oxygens (including phenoxy) is 1. The quantitative estimate of drug-likeness (QED) is 0.886. The van der Waals surface area contributed by atoms with E-state index in [1.165, 1.54) is 12.1 Å². The first-order chi connectivity index (χ1) is 8.16. The Morgan fingerprint density at radius 2 is 2.24 bits per heavy atom. The molecule has 1 heterocycles. The maximum atomic E-state index is 13.1. The highest BCUT2D eigenvalue weighted by molar-refractivity contribution is 5.36. The molecule has 0 bridgehead atoms. The third-order valence-corrected chi connectivity index (χ3v) is 2.41. The Kier molecular flexibility index (Phi) is 3.44. The van der Waals surface area contributed by atoms with Crippen molar-refractivity contribution in [1.29, 1.82) is 0 Å². The van der Waals surface area contributed by atoms with E-state index in [4.69, 9.17) is 14.9 Å². The molecule has 1 aromatic heterocycles. The number of hydrogen-bond acceptors (Lipinski definition) is 3. The second-order valence-corrected chi connectivity index (χ2v) is 3.84. The molecule has 3 nitrogen and oxygen atoms in total. The van der Waals surface area contributed by atoms with E-state index in [0.717, 1.165) is 0 Å². The number of nitrogens with two attached hydrogens (primary N) is 1. The maximum absolute atomic E-state index is 13.1. The van der Waals surface area contributed by atoms with Gasteiger partial charge in [0.2, 0.25) is 0 Å². The monoisotopic (exact) mass is 235 g/mol. The van der Waals surface area contributed by atoms with E-state index >= 15 is 0 Å². The minimum Gasteiger partial charge on any atom is -0.485 e. The summed E-state index contributed by atoms with van der Waals surface area (Å²) in [5.74, 6) is 0.977. The van der Waals surface area contributed by atoms with Crippen molar-refractivity contribution in [3.8, 4) is 5.75 Å². The Morgan fingerprint density at radius 1 is 1.41 bits per heavy atom. The number of furan rings is 1. The van der Waals surface area contributed by atoms with Gasteiger partial charge in [0.15, 0.2) is 0 Å². The Hall–Kier alpha value is -1.81. The third kappa shape index (κ3) is 2.85. The summed E-state index contributed by atoms with van der Waals surface area (Å²) in [7, 11) is 0. The molecule has 4 heteroatoms. The fraction of sp³-hybridized carbons (Fsp3) is 0.231. The Labute approximate surface area is 99.0 Å². The number of halogens is 1. The molecular formula is C13H14FNO2. The minimum absolute atomic E-state index is 0.280. The minimum atomic E-state index is -0.317. The topological polar surface area (TPSA) is 48.4 Å². The van der Waals surface area contributed by atoms with Gasteiger partial charge >= 0.3 is 0 Å². The molecule has 0 radical (unpaired) electrons. The zero-order valence-electron chi connectivity index (χ0n) is 9.52. The second kappa shape index (κ2) is 5.01. The standard InChI is InChI=1S/C13H14FNO2/c1-9(15)12-7-10(14)4-5-13(12)17-8-11-3-2-6-16-11/h2-7,9H,8,15H2,1H3/t9-/m0/s1. The van der Waals surface area contributed by atoms with Gasteiger partial charge in [0.1, 0.15) is 23.9 Å². The van der Waals surface area contributed by atoms with E-state index in [0.29, 0.717) is 23.7 Å². The summed E-state index contributed by atoms with van der Waals surface area (Å²) in [6.45, 7) is 2.09. The average molecular weight is 235 g/mol. The van der Waals surface area contributed by atoms with Crippen LogP contribution >= 0.6 is 0 Å². The van der Waals surface area contributed by atoms with Gasteiger partial charge in [0, 0.05) is 11.6 Å². The predicted molar refractivity (Wildman–Crippen MR) is 62.0 cm³/mol. The zero-order chi connectivity index (χ0) is 12.3. The highest BCUT2D eigenvalue weighted by Gasteiger charge is 2.10. The molecule has 0 aliphatic rings. The van der Waals surface area contributed by atoms with Crippen LogP contribution in [0.15, 0.2) is 41.0 Å². The molecule has 0 aliphatic carbocycles. The normalized spacial score (nSPS) is 12.4. The summed E-state index contributed by atoms with van der Waals surface area (Å²) >= 11 is 0. The van der Waals surface area contributed by atoms with Gasteiger partial charge in [-0.05, 0) is 37.3 Å².